The second kappa shape index (κ2) is 8.06. The van der Waals surface area contributed by atoms with E-state index in [9.17, 15) is 9.18 Å². The number of aryl methyl sites for hydroxylation is 1. The van der Waals surface area contributed by atoms with Crippen LogP contribution in [0.1, 0.15) is 15.3 Å². The molecule has 4 rings (SSSR count). The van der Waals surface area contributed by atoms with Crippen LogP contribution in [0, 0.1) is 12.7 Å². The largest absolute Gasteiger partial charge is 0.492 e. The Kier molecular flexibility index (Phi) is 5.29. The number of aromatic amines is 1. The number of aromatic nitrogens is 4. The normalized spacial score (nSPS) is 11.0. The molecule has 0 aliphatic carbocycles. The number of nitrogens with zero attached hydrogens (tertiary/aromatic N) is 3. The van der Waals surface area contributed by atoms with Crippen LogP contribution in [0.15, 0.2) is 49.4 Å². The standard InChI is InChI=1S/C23H22FN5O2.2H2/c1-5-20(30)27-19-8-14(7-18(24)13(19)3)21-17-9-16(31-6-2)11-25-23(17)28-22(21)15-10-26-29(4)12-15;;/h5,7-12H,1,6H2,2-4H3,(H,25,28)(H,27,30);2*1H. The van der Waals surface area contributed by atoms with E-state index in [0.717, 1.165) is 28.3 Å². The number of amides is 1. The van der Waals surface area contributed by atoms with Crippen LogP contribution in [0.25, 0.3) is 33.4 Å². The predicted molar refractivity (Wildman–Crippen MR) is 123 cm³/mol. The van der Waals surface area contributed by atoms with Gasteiger partial charge in [0.05, 0.1) is 24.7 Å². The fourth-order valence-corrected chi connectivity index (χ4v) is 3.50. The highest BCUT2D eigenvalue weighted by molar-refractivity contribution is 6.04. The van der Waals surface area contributed by atoms with Crippen LogP contribution in [0.3, 0.4) is 0 Å². The van der Waals surface area contributed by atoms with E-state index in [1.54, 1.807) is 30.1 Å². The summed E-state index contributed by atoms with van der Waals surface area (Å²) in [5.74, 6) is -0.232. The number of fused-ring (bicyclic) bond motifs is 1. The summed E-state index contributed by atoms with van der Waals surface area (Å²) < 4.78 is 22.2. The lowest BCUT2D eigenvalue weighted by Gasteiger charge is -2.12. The summed E-state index contributed by atoms with van der Waals surface area (Å²) in [4.78, 5) is 19.7. The molecule has 0 bridgehead atoms. The van der Waals surface area contributed by atoms with Crippen molar-refractivity contribution in [3.05, 3.63) is 60.8 Å². The van der Waals surface area contributed by atoms with Gasteiger partial charge in [-0.2, -0.15) is 5.10 Å². The lowest BCUT2D eigenvalue weighted by atomic mass is 9.98. The Balaban J connectivity index is 0.00000193. The first-order chi connectivity index (χ1) is 14.9. The Bertz CT molecular complexity index is 1320. The predicted octanol–water partition coefficient (Wildman–Crippen LogP) is 5.09. The maximum Gasteiger partial charge on any atom is 0.247 e. The summed E-state index contributed by atoms with van der Waals surface area (Å²) in [6, 6.07) is 5.07. The molecule has 0 fully saturated rings. The minimum absolute atomic E-state index is 0. The highest BCUT2D eigenvalue weighted by atomic mass is 19.1. The molecule has 3 aromatic heterocycles. The number of hydrogen-bond acceptors (Lipinski definition) is 4. The minimum Gasteiger partial charge on any atom is -0.492 e. The molecule has 3 heterocycles. The highest BCUT2D eigenvalue weighted by Gasteiger charge is 2.20. The van der Waals surface area contributed by atoms with Crippen LogP contribution in [0.5, 0.6) is 5.75 Å². The van der Waals surface area contributed by atoms with Gasteiger partial charge in [-0.05, 0) is 43.7 Å². The molecule has 0 unspecified atom stereocenters. The van der Waals surface area contributed by atoms with E-state index in [2.05, 4.69) is 27.0 Å². The number of ether oxygens (including phenoxy) is 1. The van der Waals surface area contributed by atoms with E-state index in [1.165, 1.54) is 6.07 Å². The zero-order valence-electron chi connectivity index (χ0n) is 17.5. The molecule has 7 nitrogen and oxygen atoms in total. The Morgan fingerprint density at radius 2 is 2.16 bits per heavy atom. The van der Waals surface area contributed by atoms with Gasteiger partial charge < -0.3 is 15.0 Å². The first-order valence-corrected chi connectivity index (χ1v) is 9.78. The molecule has 0 saturated heterocycles. The van der Waals surface area contributed by atoms with Gasteiger partial charge in [0.2, 0.25) is 5.91 Å². The zero-order valence-corrected chi connectivity index (χ0v) is 17.5. The van der Waals surface area contributed by atoms with Gasteiger partial charge in [-0.25, -0.2) is 9.37 Å². The van der Waals surface area contributed by atoms with Gasteiger partial charge in [-0.15, -0.1) is 0 Å². The van der Waals surface area contributed by atoms with Crippen LogP contribution < -0.4 is 10.1 Å². The quantitative estimate of drug-likeness (QED) is 0.423. The van der Waals surface area contributed by atoms with E-state index in [-0.39, 0.29) is 2.85 Å². The number of nitrogens with one attached hydrogen (secondary N) is 2. The molecule has 0 spiro atoms. The van der Waals surface area contributed by atoms with Crippen molar-refractivity contribution < 1.29 is 16.8 Å². The van der Waals surface area contributed by atoms with Crippen LogP contribution in [0.2, 0.25) is 0 Å². The number of halogens is 1. The van der Waals surface area contributed by atoms with Gasteiger partial charge in [-0.3, -0.25) is 9.48 Å². The summed E-state index contributed by atoms with van der Waals surface area (Å²) >= 11 is 0. The monoisotopic (exact) mass is 423 g/mol. The lowest BCUT2D eigenvalue weighted by Crippen LogP contribution is -2.09. The fourth-order valence-electron chi connectivity index (χ4n) is 3.50. The summed E-state index contributed by atoms with van der Waals surface area (Å²) in [7, 11) is 1.83. The first-order valence-electron chi connectivity index (χ1n) is 9.78. The Morgan fingerprint density at radius 3 is 2.84 bits per heavy atom. The topological polar surface area (TPSA) is 84.8 Å². The summed E-state index contributed by atoms with van der Waals surface area (Å²) in [5.41, 5.74) is 4.25. The third-order valence-corrected chi connectivity index (χ3v) is 5.01. The van der Waals surface area contributed by atoms with Gasteiger partial charge in [0, 0.05) is 43.9 Å². The molecule has 0 atom stereocenters. The molecule has 8 heteroatoms. The number of H-pyrrole nitrogens is 1. The summed E-state index contributed by atoms with van der Waals surface area (Å²) in [6.07, 6.45) is 6.38. The lowest BCUT2D eigenvalue weighted by molar-refractivity contribution is -0.111. The number of carbonyl (C=O) groups excluding carboxylic acids is 1. The van der Waals surface area contributed by atoms with Crippen LogP contribution in [-0.2, 0) is 11.8 Å². The van der Waals surface area contributed by atoms with Gasteiger partial charge in [0.1, 0.15) is 17.2 Å². The molecule has 4 aromatic rings. The maximum atomic E-state index is 14.9. The SMILES string of the molecule is C=CC(=O)Nc1cc(-c2c(-c3cnn(C)c3)[nH]c3ncc(OCC)cc23)cc(F)c1C.[HH].[HH]. The van der Waals surface area contributed by atoms with Crippen LogP contribution in [0.4, 0.5) is 10.1 Å². The van der Waals surface area contributed by atoms with Crippen molar-refractivity contribution in [3.8, 4) is 28.1 Å². The van der Waals surface area contributed by atoms with E-state index in [4.69, 9.17) is 4.74 Å². The molecule has 0 aliphatic heterocycles. The van der Waals surface area contributed by atoms with E-state index in [0.29, 0.717) is 34.8 Å². The number of hydrogen-bond donors (Lipinski definition) is 2. The van der Waals surface area contributed by atoms with Crippen molar-refractivity contribution in [2.75, 3.05) is 11.9 Å². The van der Waals surface area contributed by atoms with E-state index >= 15 is 0 Å². The van der Waals surface area contributed by atoms with Gasteiger partial charge in [-0.1, -0.05) is 6.58 Å². The Morgan fingerprint density at radius 1 is 1.35 bits per heavy atom. The van der Waals surface area contributed by atoms with E-state index in [1.807, 2.05) is 26.2 Å². The average molecular weight is 423 g/mol. The number of rotatable bonds is 6. The number of anilines is 1. The number of pyridine rings is 1. The van der Waals surface area contributed by atoms with Gasteiger partial charge in [0.15, 0.2) is 0 Å². The molecular weight excluding hydrogens is 397 g/mol. The van der Waals surface area contributed by atoms with E-state index < -0.39 is 11.7 Å². The molecule has 1 amide bonds. The molecular formula is C23H26FN5O2. The second-order valence-corrected chi connectivity index (χ2v) is 7.10. The van der Waals surface area contributed by atoms with Gasteiger partial charge >= 0.3 is 0 Å². The molecule has 31 heavy (non-hydrogen) atoms. The average Bonchev–Trinajstić information content (AvgIpc) is 3.34. The maximum absolute atomic E-state index is 14.9. The van der Waals surface area contributed by atoms with Gasteiger partial charge in [0.25, 0.3) is 0 Å². The summed E-state index contributed by atoms with van der Waals surface area (Å²) in [6.45, 7) is 7.47. The van der Waals surface area contributed by atoms with Crippen molar-refractivity contribution in [3.63, 3.8) is 0 Å². The molecule has 0 radical (unpaired) electrons. The molecule has 162 valence electrons. The smallest absolute Gasteiger partial charge is 0.247 e. The number of benzene rings is 1. The fraction of sp³-hybridized carbons (Fsp3) is 0.174. The minimum atomic E-state index is -0.433. The number of carbonyl (C=O) groups is 1. The third kappa shape index (κ3) is 3.79. The van der Waals surface area contributed by atoms with Crippen LogP contribution >= 0.6 is 0 Å². The summed E-state index contributed by atoms with van der Waals surface area (Å²) in [5, 5.41) is 7.71. The first kappa shape index (κ1) is 20.3. The van der Waals surface area contributed by atoms with Crippen molar-refractivity contribution in [1.29, 1.82) is 0 Å². The molecule has 2 N–H and O–H groups in total. The molecule has 0 saturated carbocycles. The Labute approximate surface area is 181 Å². The zero-order chi connectivity index (χ0) is 22.1. The van der Waals surface area contributed by atoms with Crippen molar-refractivity contribution >= 4 is 22.6 Å². The van der Waals surface area contributed by atoms with Crippen molar-refractivity contribution in [1.82, 2.24) is 19.7 Å². The van der Waals surface area contributed by atoms with Crippen molar-refractivity contribution in [2.45, 2.75) is 13.8 Å². The van der Waals surface area contributed by atoms with Crippen LogP contribution in [-0.4, -0.2) is 32.3 Å². The second-order valence-electron chi connectivity index (χ2n) is 7.10. The highest BCUT2D eigenvalue weighted by Crippen LogP contribution is 2.40. The Hall–Kier alpha value is -3.94. The molecule has 0 aliphatic rings. The third-order valence-electron chi connectivity index (χ3n) is 5.01. The molecule has 1 aromatic carbocycles. The van der Waals surface area contributed by atoms with Crippen molar-refractivity contribution in [2.24, 2.45) is 7.05 Å².